The highest BCUT2D eigenvalue weighted by molar-refractivity contribution is 5.71. The normalized spacial score (nSPS) is 21.1. The molecule has 0 bridgehead atoms. The van der Waals surface area contributed by atoms with Gasteiger partial charge in [-0.15, -0.1) is 0 Å². The van der Waals surface area contributed by atoms with Gasteiger partial charge < -0.3 is 28.4 Å². The summed E-state index contributed by atoms with van der Waals surface area (Å²) in [5.41, 5.74) is 2.29. The Labute approximate surface area is 256 Å². The van der Waals surface area contributed by atoms with Crippen LogP contribution in [0.25, 0.3) is 11.4 Å². The minimum atomic E-state index is -1.30. The van der Waals surface area contributed by atoms with E-state index in [0.29, 0.717) is 40.2 Å². The predicted molar refractivity (Wildman–Crippen MR) is 165 cm³/mol. The third-order valence-electron chi connectivity index (χ3n) is 8.76. The van der Waals surface area contributed by atoms with Gasteiger partial charge in [-0.1, -0.05) is 72.8 Å². The van der Waals surface area contributed by atoms with Gasteiger partial charge in [0.25, 0.3) is 0 Å². The molecule has 0 radical (unpaired) electrons. The summed E-state index contributed by atoms with van der Waals surface area (Å²) < 4.78 is 37.5. The van der Waals surface area contributed by atoms with Crippen LogP contribution in [0, 0.1) is 0 Å². The van der Waals surface area contributed by atoms with Crippen molar-refractivity contribution in [3.05, 3.63) is 125 Å². The lowest BCUT2D eigenvalue weighted by atomic mass is 9.70. The monoisotopic (exact) mass is 588 g/mol. The summed E-state index contributed by atoms with van der Waals surface area (Å²) in [5, 5.41) is 0. The van der Waals surface area contributed by atoms with Crippen LogP contribution in [0.5, 0.6) is 28.9 Å². The minimum Gasteiger partial charge on any atom is -0.497 e. The van der Waals surface area contributed by atoms with E-state index in [4.69, 9.17) is 38.4 Å². The Morgan fingerprint density at radius 2 is 1.36 bits per heavy atom. The molecule has 0 N–H and O–H groups in total. The smallest absolute Gasteiger partial charge is 0.221 e. The Hall–Kier alpha value is -5.08. The SMILES string of the molecule is COc1ccc([C@@]23Oc4cc(OC)cc(OC)c4[C@]2(OC)c2nc(-c4ccccc4)nc(OC)c2[C@H]3c2ccccc2)cc1. The molecule has 0 spiro atoms. The summed E-state index contributed by atoms with van der Waals surface area (Å²) in [7, 11) is 8.22. The minimum absolute atomic E-state index is 0.444. The van der Waals surface area contributed by atoms with E-state index >= 15 is 0 Å². The van der Waals surface area contributed by atoms with Gasteiger partial charge in [-0.3, -0.25) is 0 Å². The van der Waals surface area contributed by atoms with E-state index in [-0.39, 0.29) is 0 Å². The Bertz CT molecular complexity index is 1830. The van der Waals surface area contributed by atoms with Crippen molar-refractivity contribution in [3.63, 3.8) is 0 Å². The molecule has 222 valence electrons. The number of rotatable bonds is 8. The Kier molecular flexibility index (Phi) is 6.66. The zero-order chi connectivity index (χ0) is 30.5. The first-order valence-electron chi connectivity index (χ1n) is 14.3. The van der Waals surface area contributed by atoms with Gasteiger partial charge >= 0.3 is 0 Å². The Morgan fingerprint density at radius 1 is 0.682 bits per heavy atom. The molecule has 44 heavy (non-hydrogen) atoms. The highest BCUT2D eigenvalue weighted by Crippen LogP contribution is 2.72. The van der Waals surface area contributed by atoms with Crippen molar-refractivity contribution in [2.24, 2.45) is 0 Å². The first-order valence-corrected chi connectivity index (χ1v) is 14.3. The van der Waals surface area contributed by atoms with Gasteiger partial charge in [0.05, 0.1) is 51.2 Å². The van der Waals surface area contributed by atoms with Crippen molar-refractivity contribution in [1.82, 2.24) is 9.97 Å². The molecule has 1 aromatic heterocycles. The Balaban J connectivity index is 1.67. The van der Waals surface area contributed by atoms with Crippen molar-refractivity contribution < 1.29 is 28.4 Å². The van der Waals surface area contributed by atoms with E-state index in [0.717, 1.165) is 28.0 Å². The lowest BCUT2D eigenvalue weighted by Gasteiger charge is -2.42. The molecule has 2 aliphatic rings. The predicted octanol–water partition coefficient (Wildman–Crippen LogP) is 6.50. The number of hydrogen-bond acceptors (Lipinski definition) is 8. The van der Waals surface area contributed by atoms with Gasteiger partial charge in [-0.25, -0.2) is 4.98 Å². The third kappa shape index (κ3) is 3.67. The van der Waals surface area contributed by atoms with E-state index in [2.05, 4.69) is 12.1 Å². The second-order valence-electron chi connectivity index (χ2n) is 10.7. The Morgan fingerprint density at radius 3 is 1.98 bits per heavy atom. The van der Waals surface area contributed by atoms with Crippen molar-refractivity contribution in [1.29, 1.82) is 0 Å². The van der Waals surface area contributed by atoms with E-state index < -0.39 is 17.1 Å². The molecule has 2 heterocycles. The van der Waals surface area contributed by atoms with Crippen LogP contribution in [0.1, 0.15) is 33.9 Å². The largest absolute Gasteiger partial charge is 0.497 e. The number of fused-ring (bicyclic) bond motifs is 5. The maximum Gasteiger partial charge on any atom is 0.221 e. The third-order valence-corrected chi connectivity index (χ3v) is 8.76. The second kappa shape index (κ2) is 10.6. The van der Waals surface area contributed by atoms with Gasteiger partial charge in [0.1, 0.15) is 23.0 Å². The molecule has 3 atom stereocenters. The van der Waals surface area contributed by atoms with Gasteiger partial charge in [-0.2, -0.15) is 4.98 Å². The van der Waals surface area contributed by atoms with Gasteiger partial charge in [0.2, 0.25) is 5.88 Å². The van der Waals surface area contributed by atoms with Crippen LogP contribution in [0.4, 0.5) is 0 Å². The topological polar surface area (TPSA) is 81.2 Å². The fraction of sp³-hybridized carbons (Fsp3) is 0.222. The molecule has 0 saturated carbocycles. The molecular weight excluding hydrogens is 556 g/mol. The van der Waals surface area contributed by atoms with E-state index in [9.17, 15) is 0 Å². The van der Waals surface area contributed by atoms with Crippen LogP contribution < -0.4 is 23.7 Å². The summed E-state index contributed by atoms with van der Waals surface area (Å²) >= 11 is 0. The molecule has 0 fully saturated rings. The molecule has 0 saturated heterocycles. The first kappa shape index (κ1) is 27.7. The number of benzene rings is 4. The van der Waals surface area contributed by atoms with Crippen LogP contribution in [-0.2, 0) is 15.9 Å². The average Bonchev–Trinajstić information content (AvgIpc) is 3.53. The molecule has 1 aliphatic heterocycles. The quantitative estimate of drug-likeness (QED) is 0.203. The van der Waals surface area contributed by atoms with Crippen molar-refractivity contribution in [2.75, 3.05) is 35.5 Å². The van der Waals surface area contributed by atoms with Crippen LogP contribution in [0.3, 0.4) is 0 Å². The average molecular weight is 589 g/mol. The lowest BCUT2D eigenvalue weighted by Crippen LogP contribution is -2.50. The molecule has 5 aromatic rings. The molecule has 7 rings (SSSR count). The molecule has 0 amide bonds. The molecular formula is C36H32N2O6. The van der Waals surface area contributed by atoms with Crippen LogP contribution in [0.2, 0.25) is 0 Å². The number of methoxy groups -OCH3 is 5. The fourth-order valence-electron chi connectivity index (χ4n) is 6.98. The van der Waals surface area contributed by atoms with Crippen molar-refractivity contribution >= 4 is 0 Å². The summed E-state index contributed by atoms with van der Waals surface area (Å²) in [4.78, 5) is 10.3. The van der Waals surface area contributed by atoms with Crippen LogP contribution in [-0.4, -0.2) is 45.5 Å². The highest BCUT2D eigenvalue weighted by atomic mass is 16.6. The zero-order valence-electron chi connectivity index (χ0n) is 25.2. The number of aromatic nitrogens is 2. The maximum atomic E-state index is 7.30. The standard InChI is InChI=1S/C36H32N2O6/c1-39-25-18-16-24(17-19-25)35-30(22-12-8-6-9-13-22)29-32(37-33(38-34(29)42-4)23-14-10-7-11-15-23)36(35,43-5)31-27(41-3)20-26(40-2)21-28(31)44-35/h6-21,30H,1-5H3/t30-,35+,36+/m1/s1. The summed E-state index contributed by atoms with van der Waals surface area (Å²) in [6, 6.07) is 31.6. The first-order chi connectivity index (χ1) is 21.6. The van der Waals surface area contributed by atoms with E-state index in [1.54, 1.807) is 35.5 Å². The molecule has 1 aliphatic carbocycles. The maximum absolute atomic E-state index is 7.30. The van der Waals surface area contributed by atoms with Gasteiger partial charge in [-0.05, 0) is 17.7 Å². The fourth-order valence-corrected chi connectivity index (χ4v) is 6.98. The lowest BCUT2D eigenvalue weighted by molar-refractivity contribution is -0.115. The van der Waals surface area contributed by atoms with Crippen LogP contribution >= 0.6 is 0 Å². The second-order valence-corrected chi connectivity index (χ2v) is 10.7. The van der Waals surface area contributed by atoms with Gasteiger partial charge in [0, 0.05) is 30.4 Å². The number of ether oxygens (including phenoxy) is 6. The molecule has 8 heteroatoms. The summed E-state index contributed by atoms with van der Waals surface area (Å²) in [6.07, 6.45) is 0. The summed E-state index contributed by atoms with van der Waals surface area (Å²) in [5.74, 6) is 2.93. The van der Waals surface area contributed by atoms with Crippen LogP contribution in [0.15, 0.2) is 97.1 Å². The number of nitrogens with zero attached hydrogens (tertiary/aromatic N) is 2. The van der Waals surface area contributed by atoms with E-state index in [1.807, 2.05) is 84.9 Å². The van der Waals surface area contributed by atoms with E-state index in [1.165, 1.54) is 0 Å². The highest BCUT2D eigenvalue weighted by Gasteiger charge is 2.75. The molecule has 4 aromatic carbocycles. The summed E-state index contributed by atoms with van der Waals surface area (Å²) in [6.45, 7) is 0. The molecule has 0 unspecified atom stereocenters. The zero-order valence-corrected chi connectivity index (χ0v) is 25.2. The number of hydrogen-bond donors (Lipinski definition) is 0. The molecule has 8 nitrogen and oxygen atoms in total. The van der Waals surface area contributed by atoms with Crippen molar-refractivity contribution in [2.45, 2.75) is 17.1 Å². The van der Waals surface area contributed by atoms with Gasteiger partial charge in [0.15, 0.2) is 17.0 Å². The van der Waals surface area contributed by atoms with Crippen molar-refractivity contribution in [3.8, 4) is 40.3 Å².